The van der Waals surface area contributed by atoms with Gasteiger partial charge in [0, 0.05) is 11.1 Å². The number of rotatable bonds is 6. The first-order valence-electron chi connectivity index (χ1n) is 7.20. The van der Waals surface area contributed by atoms with E-state index in [1.165, 1.54) is 0 Å². The summed E-state index contributed by atoms with van der Waals surface area (Å²) >= 11 is 5.88. The van der Waals surface area contributed by atoms with Crippen LogP contribution in [0.4, 0.5) is 11.4 Å². The average molecular weight is 335 g/mol. The highest BCUT2D eigenvalue weighted by Crippen LogP contribution is 2.25. The summed E-state index contributed by atoms with van der Waals surface area (Å²) in [6.07, 6.45) is 0. The number of halogens is 1. The molecule has 2 aromatic carbocycles. The fourth-order valence-corrected chi connectivity index (χ4v) is 2.24. The van der Waals surface area contributed by atoms with Crippen molar-refractivity contribution in [2.45, 2.75) is 13.8 Å². The third-order valence-corrected chi connectivity index (χ3v) is 3.34. The summed E-state index contributed by atoms with van der Waals surface area (Å²) in [4.78, 5) is 12.0. The second kappa shape index (κ2) is 7.74. The van der Waals surface area contributed by atoms with E-state index >= 15 is 0 Å². The Morgan fingerprint density at radius 1 is 1.22 bits per heavy atom. The fraction of sp³-hybridized carbons (Fsp3) is 0.235. The number of anilines is 2. The Morgan fingerprint density at radius 3 is 2.65 bits per heavy atom. The van der Waals surface area contributed by atoms with Gasteiger partial charge in [0.25, 0.3) is 5.91 Å². The Morgan fingerprint density at radius 2 is 2.00 bits per heavy atom. The van der Waals surface area contributed by atoms with Gasteiger partial charge in [-0.15, -0.1) is 0 Å². The van der Waals surface area contributed by atoms with Crippen LogP contribution >= 0.6 is 11.6 Å². The molecule has 0 heterocycles. The zero-order valence-corrected chi connectivity index (χ0v) is 13.8. The molecular formula is C17H19ClN2O3. The van der Waals surface area contributed by atoms with Crippen LogP contribution in [0.5, 0.6) is 11.5 Å². The van der Waals surface area contributed by atoms with Crippen LogP contribution in [0.3, 0.4) is 0 Å². The summed E-state index contributed by atoms with van der Waals surface area (Å²) in [6, 6.07) is 10.3. The lowest BCUT2D eigenvalue weighted by molar-refractivity contribution is -0.118. The molecule has 0 saturated heterocycles. The minimum Gasteiger partial charge on any atom is -0.494 e. The Balaban J connectivity index is 1.94. The van der Waals surface area contributed by atoms with Gasteiger partial charge in [-0.3, -0.25) is 4.79 Å². The Hall–Kier alpha value is -2.40. The lowest BCUT2D eigenvalue weighted by Gasteiger charge is -2.12. The molecule has 0 bridgehead atoms. The van der Waals surface area contributed by atoms with Crippen LogP contribution < -0.4 is 20.5 Å². The predicted molar refractivity (Wildman–Crippen MR) is 92.3 cm³/mol. The molecule has 0 saturated carbocycles. The normalized spacial score (nSPS) is 10.2. The van der Waals surface area contributed by atoms with Crippen molar-refractivity contribution >= 4 is 28.9 Å². The molecule has 6 heteroatoms. The second-order valence-corrected chi connectivity index (χ2v) is 5.37. The molecule has 122 valence electrons. The van der Waals surface area contributed by atoms with Crippen LogP contribution in [0.15, 0.2) is 36.4 Å². The fourth-order valence-electron chi connectivity index (χ4n) is 2.02. The third-order valence-electron chi connectivity index (χ3n) is 3.10. The monoisotopic (exact) mass is 334 g/mol. The number of aryl methyl sites for hydroxylation is 1. The molecule has 0 atom stereocenters. The molecule has 0 fully saturated rings. The van der Waals surface area contributed by atoms with Gasteiger partial charge in [-0.25, -0.2) is 0 Å². The molecule has 23 heavy (non-hydrogen) atoms. The van der Waals surface area contributed by atoms with Crippen molar-refractivity contribution in [2.75, 3.05) is 24.3 Å². The van der Waals surface area contributed by atoms with Crippen molar-refractivity contribution in [3.8, 4) is 11.5 Å². The number of benzene rings is 2. The van der Waals surface area contributed by atoms with E-state index in [4.69, 9.17) is 26.8 Å². The quantitative estimate of drug-likeness (QED) is 0.791. The SMILES string of the molecule is CCOc1ccc(NC(=O)COc2ccc(Cl)cc2C)c(N)c1. The van der Waals surface area contributed by atoms with Crippen molar-refractivity contribution in [3.05, 3.63) is 47.0 Å². The van der Waals surface area contributed by atoms with Crippen LogP contribution in [0.1, 0.15) is 12.5 Å². The zero-order valence-electron chi connectivity index (χ0n) is 13.1. The van der Waals surface area contributed by atoms with Gasteiger partial charge in [0.2, 0.25) is 0 Å². The van der Waals surface area contributed by atoms with E-state index in [1.807, 2.05) is 13.8 Å². The first kappa shape index (κ1) is 17.0. The molecule has 0 aliphatic rings. The van der Waals surface area contributed by atoms with Gasteiger partial charge in [0.1, 0.15) is 11.5 Å². The maximum Gasteiger partial charge on any atom is 0.262 e. The summed E-state index contributed by atoms with van der Waals surface area (Å²) < 4.78 is 10.8. The molecule has 3 N–H and O–H groups in total. The van der Waals surface area contributed by atoms with Gasteiger partial charge in [0.05, 0.1) is 18.0 Å². The lowest BCUT2D eigenvalue weighted by Crippen LogP contribution is -2.21. The zero-order chi connectivity index (χ0) is 16.8. The molecule has 2 aromatic rings. The maximum absolute atomic E-state index is 12.0. The van der Waals surface area contributed by atoms with Crippen molar-refractivity contribution in [1.29, 1.82) is 0 Å². The molecule has 0 radical (unpaired) electrons. The molecule has 0 unspecified atom stereocenters. The first-order valence-corrected chi connectivity index (χ1v) is 7.58. The molecule has 0 spiro atoms. The number of hydrogen-bond donors (Lipinski definition) is 2. The first-order chi connectivity index (χ1) is 11.0. The van der Waals surface area contributed by atoms with E-state index < -0.39 is 0 Å². The van der Waals surface area contributed by atoms with Crippen LogP contribution in [-0.4, -0.2) is 19.1 Å². The van der Waals surface area contributed by atoms with Crippen molar-refractivity contribution in [1.82, 2.24) is 0 Å². The summed E-state index contributed by atoms with van der Waals surface area (Å²) in [5, 5.41) is 3.34. The number of nitrogens with two attached hydrogens (primary N) is 1. The molecule has 0 aliphatic heterocycles. The number of amides is 1. The van der Waals surface area contributed by atoms with Gasteiger partial charge in [-0.05, 0) is 49.7 Å². The lowest BCUT2D eigenvalue weighted by atomic mass is 10.2. The minimum absolute atomic E-state index is 0.116. The molecule has 2 rings (SSSR count). The van der Waals surface area contributed by atoms with Crippen LogP contribution in [-0.2, 0) is 4.79 Å². The van der Waals surface area contributed by atoms with Crippen molar-refractivity contribution in [2.24, 2.45) is 0 Å². The number of nitrogens with one attached hydrogen (secondary N) is 1. The predicted octanol–water partition coefficient (Wildman–Crippen LogP) is 3.65. The van der Waals surface area contributed by atoms with E-state index in [-0.39, 0.29) is 12.5 Å². The Labute approximate surface area is 140 Å². The van der Waals surface area contributed by atoms with E-state index in [2.05, 4.69) is 5.32 Å². The van der Waals surface area contributed by atoms with Gasteiger partial charge < -0.3 is 20.5 Å². The van der Waals surface area contributed by atoms with Crippen LogP contribution in [0.25, 0.3) is 0 Å². The summed E-state index contributed by atoms with van der Waals surface area (Å²) in [7, 11) is 0. The highest BCUT2D eigenvalue weighted by atomic mass is 35.5. The van der Waals surface area contributed by atoms with E-state index in [0.29, 0.717) is 34.5 Å². The third kappa shape index (κ3) is 4.79. The number of nitrogen functional groups attached to an aromatic ring is 1. The molecular weight excluding hydrogens is 316 g/mol. The van der Waals surface area contributed by atoms with Crippen LogP contribution in [0.2, 0.25) is 5.02 Å². The number of hydrogen-bond acceptors (Lipinski definition) is 4. The largest absolute Gasteiger partial charge is 0.494 e. The highest BCUT2D eigenvalue weighted by Gasteiger charge is 2.08. The Bertz CT molecular complexity index is 704. The topological polar surface area (TPSA) is 73.6 Å². The summed E-state index contributed by atoms with van der Waals surface area (Å²) in [5.74, 6) is 0.982. The molecule has 5 nitrogen and oxygen atoms in total. The molecule has 1 amide bonds. The van der Waals surface area contributed by atoms with Gasteiger partial charge in [-0.2, -0.15) is 0 Å². The Kier molecular flexibility index (Phi) is 5.71. The molecule has 0 aromatic heterocycles. The standard InChI is InChI=1S/C17H19ClN2O3/c1-3-22-13-5-6-15(14(19)9-13)20-17(21)10-23-16-7-4-12(18)8-11(16)2/h4-9H,3,10,19H2,1-2H3,(H,20,21). The van der Waals surface area contributed by atoms with E-state index in [9.17, 15) is 4.79 Å². The number of ether oxygens (including phenoxy) is 2. The maximum atomic E-state index is 12.0. The van der Waals surface area contributed by atoms with Crippen molar-refractivity contribution in [3.63, 3.8) is 0 Å². The van der Waals surface area contributed by atoms with E-state index in [1.54, 1.807) is 36.4 Å². The number of carbonyl (C=O) groups excluding carboxylic acids is 1. The van der Waals surface area contributed by atoms with Gasteiger partial charge >= 0.3 is 0 Å². The second-order valence-electron chi connectivity index (χ2n) is 4.93. The number of carbonyl (C=O) groups is 1. The van der Waals surface area contributed by atoms with E-state index in [0.717, 1.165) is 5.56 Å². The summed E-state index contributed by atoms with van der Waals surface area (Å²) in [5.41, 5.74) is 7.72. The molecule has 0 aliphatic carbocycles. The highest BCUT2D eigenvalue weighted by molar-refractivity contribution is 6.30. The smallest absolute Gasteiger partial charge is 0.262 e. The summed E-state index contributed by atoms with van der Waals surface area (Å²) in [6.45, 7) is 4.19. The van der Waals surface area contributed by atoms with Gasteiger partial charge in [0.15, 0.2) is 6.61 Å². The van der Waals surface area contributed by atoms with Crippen LogP contribution in [0, 0.1) is 6.92 Å². The minimum atomic E-state index is -0.296. The van der Waals surface area contributed by atoms with Crippen molar-refractivity contribution < 1.29 is 14.3 Å². The average Bonchev–Trinajstić information content (AvgIpc) is 2.49. The van der Waals surface area contributed by atoms with Gasteiger partial charge in [-0.1, -0.05) is 11.6 Å².